The molecule has 1 unspecified atom stereocenters. The summed E-state index contributed by atoms with van der Waals surface area (Å²) in [4.78, 5) is 29.6. The Kier molecular flexibility index (Phi) is 9.59. The number of sulfonamides is 1. The second-order valence-electron chi connectivity index (χ2n) is 11.4. The maximum absolute atomic E-state index is 14.3. The maximum atomic E-state index is 14.3. The predicted octanol–water partition coefficient (Wildman–Crippen LogP) is 5.81. The monoisotopic (exact) mass is 605 g/mol. The van der Waals surface area contributed by atoms with Gasteiger partial charge in [-0.3, -0.25) is 13.9 Å². The normalized spacial score (nSPS) is 12.5. The highest BCUT2D eigenvalue weighted by Crippen LogP contribution is 2.29. The quantitative estimate of drug-likeness (QED) is 0.247. The molecule has 2 amide bonds. The molecule has 0 saturated carbocycles. The van der Waals surface area contributed by atoms with Crippen LogP contribution in [0, 0.1) is 0 Å². The molecule has 0 aliphatic rings. The van der Waals surface area contributed by atoms with Crippen LogP contribution in [0.4, 0.5) is 5.69 Å². The zero-order valence-corrected chi connectivity index (χ0v) is 25.8. The molecule has 0 saturated heterocycles. The molecule has 0 aliphatic heterocycles. The molecule has 0 bridgehead atoms. The third-order valence-electron chi connectivity index (χ3n) is 6.75. The van der Waals surface area contributed by atoms with Crippen molar-refractivity contribution in [1.29, 1.82) is 0 Å². The van der Waals surface area contributed by atoms with Crippen LogP contribution in [-0.2, 0) is 32.6 Å². The minimum atomic E-state index is -3.88. The molecule has 0 fully saturated rings. The van der Waals surface area contributed by atoms with Gasteiger partial charge in [-0.1, -0.05) is 90.5 Å². The highest BCUT2D eigenvalue weighted by molar-refractivity contribution is 7.92. The van der Waals surface area contributed by atoms with Crippen molar-refractivity contribution in [3.05, 3.63) is 113 Å². The third-order valence-corrected chi connectivity index (χ3v) is 8.13. The molecule has 220 valence electrons. The topological polar surface area (TPSA) is 86.8 Å². The number of nitrogens with one attached hydrogen (secondary N) is 1. The van der Waals surface area contributed by atoms with Crippen molar-refractivity contribution in [1.82, 2.24) is 10.2 Å². The van der Waals surface area contributed by atoms with E-state index in [1.54, 1.807) is 36.4 Å². The minimum absolute atomic E-state index is 0.0816. The third kappa shape index (κ3) is 8.11. The summed E-state index contributed by atoms with van der Waals surface area (Å²) in [6, 6.07) is 28.3. The molecule has 0 radical (unpaired) electrons. The molecule has 0 heterocycles. The molecule has 7 nitrogen and oxygen atoms in total. The van der Waals surface area contributed by atoms with Gasteiger partial charge in [0.25, 0.3) is 0 Å². The molecular formula is C33H36ClN3O4S. The number of nitrogens with zero attached hydrogens (tertiary/aromatic N) is 2. The van der Waals surface area contributed by atoms with E-state index in [-0.39, 0.29) is 18.9 Å². The number of amides is 2. The summed E-state index contributed by atoms with van der Waals surface area (Å²) >= 11 is 6.12. The lowest BCUT2D eigenvalue weighted by Crippen LogP contribution is -2.56. The Balaban J connectivity index is 1.79. The van der Waals surface area contributed by atoms with Gasteiger partial charge in [0.2, 0.25) is 21.8 Å². The molecule has 4 aromatic carbocycles. The molecule has 9 heteroatoms. The number of benzene rings is 4. The van der Waals surface area contributed by atoms with E-state index in [0.29, 0.717) is 16.1 Å². The lowest BCUT2D eigenvalue weighted by Gasteiger charge is -2.35. The smallest absolute Gasteiger partial charge is 0.244 e. The Morgan fingerprint density at radius 3 is 2.10 bits per heavy atom. The summed E-state index contributed by atoms with van der Waals surface area (Å²) in [6.07, 6.45) is 1.33. The van der Waals surface area contributed by atoms with Gasteiger partial charge in [0.1, 0.15) is 12.6 Å². The van der Waals surface area contributed by atoms with Crippen LogP contribution in [0.15, 0.2) is 97.1 Å². The Hall–Kier alpha value is -3.88. The number of carbonyl (C=O) groups is 2. The first-order chi connectivity index (χ1) is 19.8. The lowest BCUT2D eigenvalue weighted by molar-refractivity contribution is -0.140. The molecule has 0 spiro atoms. The molecule has 0 aliphatic carbocycles. The van der Waals surface area contributed by atoms with Crippen LogP contribution >= 0.6 is 11.6 Å². The van der Waals surface area contributed by atoms with E-state index in [9.17, 15) is 18.0 Å². The van der Waals surface area contributed by atoms with E-state index in [2.05, 4.69) is 5.32 Å². The molecule has 4 aromatic rings. The van der Waals surface area contributed by atoms with Gasteiger partial charge in [0.15, 0.2) is 0 Å². The highest BCUT2D eigenvalue weighted by Gasteiger charge is 2.34. The largest absolute Gasteiger partial charge is 0.350 e. The first-order valence-electron chi connectivity index (χ1n) is 13.7. The summed E-state index contributed by atoms with van der Waals surface area (Å²) in [7, 11) is -3.88. The van der Waals surface area contributed by atoms with Crippen molar-refractivity contribution in [3.8, 4) is 0 Å². The van der Waals surface area contributed by atoms with Gasteiger partial charge in [-0.25, -0.2) is 8.42 Å². The number of hydrogen-bond acceptors (Lipinski definition) is 4. The Morgan fingerprint density at radius 1 is 0.833 bits per heavy atom. The van der Waals surface area contributed by atoms with Crippen molar-refractivity contribution in [2.45, 2.75) is 45.3 Å². The van der Waals surface area contributed by atoms with Crippen LogP contribution < -0.4 is 9.62 Å². The van der Waals surface area contributed by atoms with Crippen LogP contribution in [0.3, 0.4) is 0 Å². The summed E-state index contributed by atoms with van der Waals surface area (Å²) in [6.45, 7) is 5.23. The number of halogens is 1. The fraction of sp³-hybridized carbons (Fsp3) is 0.273. The summed E-state index contributed by atoms with van der Waals surface area (Å²) in [5.41, 5.74) is 1.47. The van der Waals surface area contributed by atoms with E-state index < -0.39 is 34.1 Å². The Morgan fingerprint density at radius 2 is 1.45 bits per heavy atom. The standard InChI is InChI=1S/C33H36ClN3O4S/c1-33(2,3)35-32(39)30(21-24-11-6-5-7-12-24)36(22-25-17-19-27(34)20-18-25)31(38)23-37(42(4,40)41)29-16-10-14-26-13-8-9-15-28(26)29/h5-20,30H,21-23H2,1-4H3,(H,35,39). The van der Waals surface area contributed by atoms with E-state index in [1.807, 2.05) is 81.4 Å². The van der Waals surface area contributed by atoms with Crippen molar-refractivity contribution in [2.75, 3.05) is 17.1 Å². The molecule has 4 rings (SSSR count). The molecule has 1 N–H and O–H groups in total. The van der Waals surface area contributed by atoms with Gasteiger partial charge in [-0.05, 0) is 55.5 Å². The van der Waals surface area contributed by atoms with E-state index in [1.165, 1.54) is 4.90 Å². The van der Waals surface area contributed by atoms with Crippen LogP contribution in [0.2, 0.25) is 5.02 Å². The van der Waals surface area contributed by atoms with Crippen molar-refractivity contribution in [2.24, 2.45) is 0 Å². The van der Waals surface area contributed by atoms with Gasteiger partial charge in [-0.15, -0.1) is 0 Å². The van der Waals surface area contributed by atoms with Gasteiger partial charge in [0, 0.05) is 28.9 Å². The summed E-state index contributed by atoms with van der Waals surface area (Å²) in [5.74, 6) is -0.835. The first kappa shape index (κ1) is 31.1. The fourth-order valence-corrected chi connectivity index (χ4v) is 5.80. The van der Waals surface area contributed by atoms with Crippen LogP contribution in [0.25, 0.3) is 10.8 Å². The van der Waals surface area contributed by atoms with Crippen LogP contribution in [0.5, 0.6) is 0 Å². The van der Waals surface area contributed by atoms with Gasteiger partial charge >= 0.3 is 0 Å². The fourth-order valence-electron chi connectivity index (χ4n) is 4.81. The number of rotatable bonds is 10. The Labute approximate surface area is 253 Å². The van der Waals surface area contributed by atoms with Gasteiger partial charge in [0.05, 0.1) is 11.9 Å². The highest BCUT2D eigenvalue weighted by atomic mass is 35.5. The number of anilines is 1. The summed E-state index contributed by atoms with van der Waals surface area (Å²) < 4.78 is 27.5. The molecule has 0 aromatic heterocycles. The van der Waals surface area contributed by atoms with Gasteiger partial charge in [-0.2, -0.15) is 0 Å². The first-order valence-corrected chi connectivity index (χ1v) is 15.9. The zero-order valence-electron chi connectivity index (χ0n) is 24.2. The van der Waals surface area contributed by atoms with E-state index in [0.717, 1.165) is 27.1 Å². The molecular weight excluding hydrogens is 570 g/mol. The lowest BCUT2D eigenvalue weighted by atomic mass is 10.0. The van der Waals surface area contributed by atoms with Crippen molar-refractivity contribution in [3.63, 3.8) is 0 Å². The maximum Gasteiger partial charge on any atom is 0.244 e. The average Bonchev–Trinajstić information content (AvgIpc) is 2.93. The van der Waals surface area contributed by atoms with E-state index >= 15 is 0 Å². The average molecular weight is 606 g/mol. The SMILES string of the molecule is CC(C)(C)NC(=O)C(Cc1ccccc1)N(Cc1ccc(Cl)cc1)C(=O)CN(c1cccc2ccccc12)S(C)(=O)=O. The van der Waals surface area contributed by atoms with Crippen LogP contribution in [-0.4, -0.2) is 49.5 Å². The summed E-state index contributed by atoms with van der Waals surface area (Å²) in [5, 5.41) is 5.12. The number of hydrogen-bond donors (Lipinski definition) is 1. The minimum Gasteiger partial charge on any atom is -0.350 e. The molecule has 42 heavy (non-hydrogen) atoms. The predicted molar refractivity (Wildman–Crippen MR) is 170 cm³/mol. The van der Waals surface area contributed by atoms with E-state index in [4.69, 9.17) is 11.6 Å². The molecule has 1 atom stereocenters. The second kappa shape index (κ2) is 13.0. The Bertz CT molecular complexity index is 1650. The number of fused-ring (bicyclic) bond motifs is 1. The van der Waals surface area contributed by atoms with Crippen LogP contribution in [0.1, 0.15) is 31.9 Å². The number of carbonyl (C=O) groups excluding carboxylic acids is 2. The zero-order chi connectivity index (χ0) is 30.5. The van der Waals surface area contributed by atoms with Crippen molar-refractivity contribution < 1.29 is 18.0 Å². The van der Waals surface area contributed by atoms with Gasteiger partial charge < -0.3 is 10.2 Å². The van der Waals surface area contributed by atoms with Crippen molar-refractivity contribution >= 4 is 49.9 Å². The second-order valence-corrected chi connectivity index (χ2v) is 13.7.